The second-order valence-electron chi connectivity index (χ2n) is 7.41. The minimum absolute atomic E-state index is 0.268. The van der Waals surface area contributed by atoms with Crippen LogP contribution in [0.5, 0.6) is 0 Å². The highest BCUT2D eigenvalue weighted by molar-refractivity contribution is 6.31. The number of halogens is 4. The Morgan fingerprint density at radius 1 is 0.800 bits per heavy atom. The highest BCUT2D eigenvalue weighted by Gasteiger charge is 2.35. The summed E-state index contributed by atoms with van der Waals surface area (Å²) in [6, 6.07) is 22.1. The molecule has 30 heavy (non-hydrogen) atoms. The van der Waals surface area contributed by atoms with E-state index in [4.69, 9.17) is 11.6 Å². The standard InChI is InChI=1S/C24H22ClF3N2/c25-22-11-10-20(16-21(22)24(26,27)28)23(30-14-12-29-13-15-30)19-8-6-18(7-9-19)17-4-2-1-3-5-17/h1-11,16,23,29H,12-15H2. The molecule has 1 unspecified atom stereocenters. The van der Waals surface area contributed by atoms with Gasteiger partial charge < -0.3 is 5.32 Å². The number of alkyl halides is 3. The van der Waals surface area contributed by atoms with E-state index in [1.807, 2.05) is 54.6 Å². The monoisotopic (exact) mass is 430 g/mol. The molecule has 6 heteroatoms. The van der Waals surface area contributed by atoms with E-state index < -0.39 is 11.7 Å². The molecular formula is C24H22ClF3N2. The smallest absolute Gasteiger partial charge is 0.314 e. The number of nitrogens with zero attached hydrogens (tertiary/aromatic N) is 1. The van der Waals surface area contributed by atoms with Gasteiger partial charge in [0.2, 0.25) is 0 Å². The van der Waals surface area contributed by atoms with E-state index >= 15 is 0 Å². The Balaban J connectivity index is 1.74. The fraction of sp³-hybridized carbons (Fsp3) is 0.250. The van der Waals surface area contributed by atoms with Gasteiger partial charge in [0, 0.05) is 26.2 Å². The minimum atomic E-state index is -4.49. The number of piperazine rings is 1. The fourth-order valence-electron chi connectivity index (χ4n) is 3.97. The van der Waals surface area contributed by atoms with Crippen molar-refractivity contribution in [2.24, 2.45) is 0 Å². The maximum atomic E-state index is 13.5. The largest absolute Gasteiger partial charge is 0.417 e. The van der Waals surface area contributed by atoms with Crippen LogP contribution in [0.1, 0.15) is 22.7 Å². The number of rotatable bonds is 4. The van der Waals surface area contributed by atoms with Gasteiger partial charge in [-0.1, -0.05) is 72.3 Å². The van der Waals surface area contributed by atoms with Gasteiger partial charge in [-0.25, -0.2) is 0 Å². The van der Waals surface area contributed by atoms with E-state index in [0.29, 0.717) is 5.56 Å². The third kappa shape index (κ3) is 4.53. The Hall–Kier alpha value is -2.34. The molecule has 1 atom stereocenters. The van der Waals surface area contributed by atoms with Crippen molar-refractivity contribution >= 4 is 11.6 Å². The van der Waals surface area contributed by atoms with E-state index in [-0.39, 0.29) is 11.1 Å². The van der Waals surface area contributed by atoms with Gasteiger partial charge in [-0.3, -0.25) is 4.90 Å². The van der Waals surface area contributed by atoms with Crippen molar-refractivity contribution in [3.63, 3.8) is 0 Å². The van der Waals surface area contributed by atoms with Crippen molar-refractivity contribution < 1.29 is 13.2 Å². The number of hydrogen-bond acceptors (Lipinski definition) is 2. The van der Waals surface area contributed by atoms with Gasteiger partial charge in [-0.15, -0.1) is 0 Å². The lowest BCUT2D eigenvalue weighted by atomic mass is 9.93. The first-order valence-corrected chi connectivity index (χ1v) is 10.3. The first-order chi connectivity index (χ1) is 14.4. The summed E-state index contributed by atoms with van der Waals surface area (Å²) in [6.07, 6.45) is -4.49. The Bertz CT molecular complexity index is 982. The van der Waals surface area contributed by atoms with Crippen LogP contribution in [0, 0.1) is 0 Å². The highest BCUT2D eigenvalue weighted by Crippen LogP contribution is 2.38. The first-order valence-electron chi connectivity index (χ1n) is 9.90. The molecule has 1 aliphatic rings. The SMILES string of the molecule is FC(F)(F)c1cc(C(c2ccc(-c3ccccc3)cc2)N2CCNCC2)ccc1Cl. The first kappa shape index (κ1) is 20.9. The second-order valence-corrected chi connectivity index (χ2v) is 7.82. The Kier molecular flexibility index (Phi) is 6.14. The molecule has 1 saturated heterocycles. The van der Waals surface area contributed by atoms with Gasteiger partial charge in [-0.05, 0) is 34.4 Å². The zero-order valence-corrected chi connectivity index (χ0v) is 17.0. The van der Waals surface area contributed by atoms with Crippen LogP contribution in [0.3, 0.4) is 0 Å². The summed E-state index contributed by atoms with van der Waals surface area (Å²) in [5.74, 6) is 0. The molecule has 0 aromatic heterocycles. The molecule has 1 aliphatic heterocycles. The fourth-order valence-corrected chi connectivity index (χ4v) is 4.20. The van der Waals surface area contributed by atoms with Crippen molar-refractivity contribution in [3.8, 4) is 11.1 Å². The van der Waals surface area contributed by atoms with Gasteiger partial charge in [0.15, 0.2) is 0 Å². The Morgan fingerprint density at radius 2 is 1.40 bits per heavy atom. The second kappa shape index (κ2) is 8.80. The van der Waals surface area contributed by atoms with Gasteiger partial charge in [0.05, 0.1) is 16.6 Å². The summed E-state index contributed by atoms with van der Waals surface area (Å²) in [7, 11) is 0. The summed E-state index contributed by atoms with van der Waals surface area (Å²) >= 11 is 5.86. The van der Waals surface area contributed by atoms with Crippen LogP contribution in [-0.2, 0) is 6.18 Å². The molecule has 1 fully saturated rings. The number of benzene rings is 3. The number of hydrogen-bond donors (Lipinski definition) is 1. The van der Waals surface area contributed by atoms with Crippen LogP contribution < -0.4 is 5.32 Å². The van der Waals surface area contributed by atoms with Crippen LogP contribution >= 0.6 is 11.6 Å². The van der Waals surface area contributed by atoms with Crippen LogP contribution in [0.15, 0.2) is 72.8 Å². The van der Waals surface area contributed by atoms with E-state index in [1.54, 1.807) is 6.07 Å². The third-order valence-electron chi connectivity index (χ3n) is 5.46. The lowest BCUT2D eigenvalue weighted by molar-refractivity contribution is -0.137. The summed E-state index contributed by atoms with van der Waals surface area (Å²) in [4.78, 5) is 2.22. The molecule has 3 aromatic rings. The van der Waals surface area contributed by atoms with E-state index in [0.717, 1.165) is 42.9 Å². The maximum absolute atomic E-state index is 13.5. The topological polar surface area (TPSA) is 15.3 Å². The van der Waals surface area contributed by atoms with Crippen molar-refractivity contribution in [1.29, 1.82) is 0 Å². The van der Waals surface area contributed by atoms with Crippen LogP contribution in [0.25, 0.3) is 11.1 Å². The molecular weight excluding hydrogens is 409 g/mol. The maximum Gasteiger partial charge on any atom is 0.417 e. The number of nitrogens with one attached hydrogen (secondary N) is 1. The molecule has 0 spiro atoms. The van der Waals surface area contributed by atoms with Crippen LogP contribution in [-0.4, -0.2) is 31.1 Å². The average molecular weight is 431 g/mol. The van der Waals surface area contributed by atoms with Crippen molar-refractivity contribution in [2.45, 2.75) is 12.2 Å². The molecule has 0 radical (unpaired) electrons. The lowest BCUT2D eigenvalue weighted by Gasteiger charge is -2.36. The van der Waals surface area contributed by atoms with E-state index in [9.17, 15) is 13.2 Å². The molecule has 1 heterocycles. The van der Waals surface area contributed by atoms with Gasteiger partial charge in [0.1, 0.15) is 0 Å². The summed E-state index contributed by atoms with van der Waals surface area (Å²) < 4.78 is 40.4. The molecule has 3 aromatic carbocycles. The predicted molar refractivity (Wildman–Crippen MR) is 115 cm³/mol. The van der Waals surface area contributed by atoms with Crippen molar-refractivity contribution in [2.75, 3.05) is 26.2 Å². The summed E-state index contributed by atoms with van der Waals surface area (Å²) in [5.41, 5.74) is 2.95. The lowest BCUT2D eigenvalue weighted by Crippen LogP contribution is -2.45. The molecule has 0 amide bonds. The van der Waals surface area contributed by atoms with Crippen molar-refractivity contribution in [1.82, 2.24) is 10.2 Å². The molecule has 156 valence electrons. The van der Waals surface area contributed by atoms with Gasteiger partial charge in [0.25, 0.3) is 0 Å². The average Bonchev–Trinajstić information content (AvgIpc) is 2.76. The molecule has 0 bridgehead atoms. The zero-order chi connectivity index (χ0) is 21.1. The van der Waals surface area contributed by atoms with Gasteiger partial charge >= 0.3 is 6.18 Å². The molecule has 4 rings (SSSR count). The van der Waals surface area contributed by atoms with Crippen LogP contribution in [0.2, 0.25) is 5.02 Å². The zero-order valence-electron chi connectivity index (χ0n) is 16.3. The predicted octanol–water partition coefficient (Wildman–Crippen LogP) is 6.02. The van der Waals surface area contributed by atoms with E-state index in [1.165, 1.54) is 12.1 Å². The Labute approximate surface area is 179 Å². The highest BCUT2D eigenvalue weighted by atomic mass is 35.5. The minimum Gasteiger partial charge on any atom is -0.314 e. The van der Waals surface area contributed by atoms with E-state index in [2.05, 4.69) is 10.2 Å². The quantitative estimate of drug-likeness (QED) is 0.544. The Morgan fingerprint density at radius 3 is 2.03 bits per heavy atom. The van der Waals surface area contributed by atoms with Gasteiger partial charge in [-0.2, -0.15) is 13.2 Å². The third-order valence-corrected chi connectivity index (χ3v) is 5.79. The summed E-state index contributed by atoms with van der Waals surface area (Å²) in [6.45, 7) is 3.13. The molecule has 1 N–H and O–H groups in total. The normalized spacial score (nSPS) is 16.4. The summed E-state index contributed by atoms with van der Waals surface area (Å²) in [5, 5.41) is 3.03. The van der Waals surface area contributed by atoms with Crippen LogP contribution in [0.4, 0.5) is 13.2 Å². The molecule has 0 aliphatic carbocycles. The molecule has 0 saturated carbocycles. The van der Waals surface area contributed by atoms with Crippen molar-refractivity contribution in [3.05, 3.63) is 94.5 Å². The molecule has 2 nitrogen and oxygen atoms in total.